The van der Waals surface area contributed by atoms with E-state index in [1.54, 1.807) is 0 Å². The Morgan fingerprint density at radius 3 is 2.12 bits per heavy atom. The van der Waals surface area contributed by atoms with Gasteiger partial charge in [0.05, 0.1) is 0 Å². The third-order valence-electron chi connectivity index (χ3n) is 2.56. The van der Waals surface area contributed by atoms with Crippen LogP contribution >= 0.6 is 12.4 Å². The highest BCUT2D eigenvalue weighted by atomic mass is 35.5. The van der Waals surface area contributed by atoms with Crippen LogP contribution in [0.15, 0.2) is 12.1 Å². The van der Waals surface area contributed by atoms with Gasteiger partial charge in [0, 0.05) is 18.7 Å². The smallest absolute Gasteiger partial charge is 0.251 e. The second-order valence-electron chi connectivity index (χ2n) is 4.13. The standard InChI is InChI=1S/C13H20N2O.ClH/c1-9-7-10(2)12(11(3)8-9)13(16)15-6-5-14-4;/h7-8,14H,5-6H2,1-4H3,(H,15,16);1H. The van der Waals surface area contributed by atoms with E-state index in [2.05, 4.69) is 10.6 Å². The highest BCUT2D eigenvalue weighted by Gasteiger charge is 2.11. The second-order valence-corrected chi connectivity index (χ2v) is 4.13. The number of likely N-dealkylation sites (N-methyl/N-ethyl adjacent to an activating group) is 1. The molecule has 1 rings (SSSR count). The number of rotatable bonds is 4. The summed E-state index contributed by atoms with van der Waals surface area (Å²) >= 11 is 0. The van der Waals surface area contributed by atoms with E-state index < -0.39 is 0 Å². The van der Waals surface area contributed by atoms with Crippen molar-refractivity contribution in [3.63, 3.8) is 0 Å². The molecule has 1 aromatic rings. The van der Waals surface area contributed by atoms with E-state index in [9.17, 15) is 4.79 Å². The van der Waals surface area contributed by atoms with Crippen molar-refractivity contribution in [1.82, 2.24) is 10.6 Å². The molecule has 0 spiro atoms. The van der Waals surface area contributed by atoms with Crippen LogP contribution in [0.25, 0.3) is 0 Å². The van der Waals surface area contributed by atoms with Crippen molar-refractivity contribution < 1.29 is 4.79 Å². The van der Waals surface area contributed by atoms with Crippen LogP contribution < -0.4 is 10.6 Å². The summed E-state index contributed by atoms with van der Waals surface area (Å²) in [6, 6.07) is 4.08. The normalized spacial score (nSPS) is 9.65. The summed E-state index contributed by atoms with van der Waals surface area (Å²) in [5, 5.41) is 5.90. The summed E-state index contributed by atoms with van der Waals surface area (Å²) in [5.74, 6) is 0.0188. The van der Waals surface area contributed by atoms with Crippen LogP contribution in [-0.4, -0.2) is 26.0 Å². The fourth-order valence-electron chi connectivity index (χ4n) is 1.93. The van der Waals surface area contributed by atoms with Crippen molar-refractivity contribution in [2.24, 2.45) is 0 Å². The van der Waals surface area contributed by atoms with Gasteiger partial charge in [-0.15, -0.1) is 12.4 Å². The summed E-state index contributed by atoms with van der Waals surface area (Å²) in [7, 11) is 1.87. The number of amides is 1. The molecule has 0 unspecified atom stereocenters. The number of hydrogen-bond donors (Lipinski definition) is 2. The number of aryl methyl sites for hydroxylation is 3. The molecular weight excluding hydrogens is 236 g/mol. The molecule has 0 aliphatic heterocycles. The number of nitrogens with one attached hydrogen (secondary N) is 2. The molecule has 0 atom stereocenters. The first-order chi connectivity index (χ1) is 7.56. The lowest BCUT2D eigenvalue weighted by Gasteiger charge is -2.11. The molecule has 17 heavy (non-hydrogen) atoms. The van der Waals surface area contributed by atoms with Gasteiger partial charge in [-0.25, -0.2) is 0 Å². The molecular formula is C13H21ClN2O. The zero-order valence-corrected chi connectivity index (χ0v) is 11.7. The van der Waals surface area contributed by atoms with Crippen molar-refractivity contribution in [1.29, 1.82) is 0 Å². The van der Waals surface area contributed by atoms with Gasteiger partial charge < -0.3 is 10.6 Å². The minimum absolute atomic E-state index is 0. The number of carbonyl (C=O) groups excluding carboxylic acids is 1. The van der Waals surface area contributed by atoms with Gasteiger partial charge in [-0.2, -0.15) is 0 Å². The van der Waals surface area contributed by atoms with Gasteiger partial charge in [-0.05, 0) is 38.9 Å². The Morgan fingerprint density at radius 2 is 1.65 bits per heavy atom. The lowest BCUT2D eigenvalue weighted by Crippen LogP contribution is -2.31. The third-order valence-corrected chi connectivity index (χ3v) is 2.56. The Bertz CT molecular complexity index is 368. The second kappa shape index (κ2) is 7.30. The molecule has 4 heteroatoms. The van der Waals surface area contributed by atoms with Crippen molar-refractivity contribution in [3.05, 3.63) is 34.4 Å². The van der Waals surface area contributed by atoms with E-state index in [-0.39, 0.29) is 18.3 Å². The van der Waals surface area contributed by atoms with E-state index in [1.165, 1.54) is 5.56 Å². The molecule has 0 heterocycles. The predicted octanol–water partition coefficient (Wildman–Crippen LogP) is 1.98. The highest BCUT2D eigenvalue weighted by molar-refractivity contribution is 5.97. The highest BCUT2D eigenvalue weighted by Crippen LogP contribution is 2.15. The molecule has 1 amide bonds. The maximum Gasteiger partial charge on any atom is 0.251 e. The van der Waals surface area contributed by atoms with E-state index in [0.717, 1.165) is 23.2 Å². The van der Waals surface area contributed by atoms with Gasteiger partial charge in [0.25, 0.3) is 5.91 Å². The van der Waals surface area contributed by atoms with Crippen molar-refractivity contribution in [3.8, 4) is 0 Å². The fourth-order valence-corrected chi connectivity index (χ4v) is 1.93. The van der Waals surface area contributed by atoms with E-state index >= 15 is 0 Å². The Morgan fingerprint density at radius 1 is 1.12 bits per heavy atom. The van der Waals surface area contributed by atoms with Gasteiger partial charge in [-0.1, -0.05) is 17.7 Å². The van der Waals surface area contributed by atoms with Crippen LogP contribution in [0.1, 0.15) is 27.0 Å². The molecule has 0 bridgehead atoms. The van der Waals surface area contributed by atoms with Crippen LogP contribution in [-0.2, 0) is 0 Å². The average Bonchev–Trinajstić information content (AvgIpc) is 2.16. The number of carbonyl (C=O) groups is 1. The first-order valence-electron chi connectivity index (χ1n) is 5.57. The molecule has 0 saturated carbocycles. The van der Waals surface area contributed by atoms with Gasteiger partial charge in [0.15, 0.2) is 0 Å². The van der Waals surface area contributed by atoms with Gasteiger partial charge >= 0.3 is 0 Å². The first-order valence-corrected chi connectivity index (χ1v) is 5.57. The van der Waals surface area contributed by atoms with Gasteiger partial charge in [-0.3, -0.25) is 4.79 Å². The fraction of sp³-hybridized carbons (Fsp3) is 0.462. The lowest BCUT2D eigenvalue weighted by molar-refractivity contribution is 0.0953. The molecule has 0 aromatic heterocycles. The van der Waals surface area contributed by atoms with E-state index in [1.807, 2.05) is 40.0 Å². The summed E-state index contributed by atoms with van der Waals surface area (Å²) in [6.45, 7) is 7.44. The summed E-state index contributed by atoms with van der Waals surface area (Å²) < 4.78 is 0. The number of benzene rings is 1. The average molecular weight is 257 g/mol. The van der Waals surface area contributed by atoms with Gasteiger partial charge in [0.1, 0.15) is 0 Å². The first kappa shape index (κ1) is 15.9. The monoisotopic (exact) mass is 256 g/mol. The zero-order chi connectivity index (χ0) is 12.1. The maximum atomic E-state index is 11.9. The quantitative estimate of drug-likeness (QED) is 0.809. The van der Waals surface area contributed by atoms with E-state index in [4.69, 9.17) is 0 Å². The molecule has 0 saturated heterocycles. The van der Waals surface area contributed by atoms with Crippen molar-refractivity contribution >= 4 is 18.3 Å². The molecule has 0 fully saturated rings. The van der Waals surface area contributed by atoms with Crippen LogP contribution in [0, 0.1) is 20.8 Å². The van der Waals surface area contributed by atoms with Crippen molar-refractivity contribution in [2.75, 3.05) is 20.1 Å². The zero-order valence-electron chi connectivity index (χ0n) is 10.9. The molecule has 2 N–H and O–H groups in total. The number of hydrogen-bond acceptors (Lipinski definition) is 2. The Labute approximate surface area is 109 Å². The molecule has 96 valence electrons. The minimum Gasteiger partial charge on any atom is -0.351 e. The molecule has 0 aliphatic carbocycles. The third kappa shape index (κ3) is 4.36. The largest absolute Gasteiger partial charge is 0.351 e. The van der Waals surface area contributed by atoms with Crippen LogP contribution in [0.2, 0.25) is 0 Å². The molecule has 1 aromatic carbocycles. The summed E-state index contributed by atoms with van der Waals surface area (Å²) in [5.41, 5.74) is 4.09. The summed E-state index contributed by atoms with van der Waals surface area (Å²) in [6.07, 6.45) is 0. The predicted molar refractivity (Wildman–Crippen MR) is 74.2 cm³/mol. The maximum absolute atomic E-state index is 11.9. The van der Waals surface area contributed by atoms with Crippen LogP contribution in [0.3, 0.4) is 0 Å². The summed E-state index contributed by atoms with van der Waals surface area (Å²) in [4.78, 5) is 11.9. The molecule has 0 radical (unpaired) electrons. The molecule has 3 nitrogen and oxygen atoms in total. The lowest BCUT2D eigenvalue weighted by atomic mass is 9.99. The topological polar surface area (TPSA) is 41.1 Å². The Kier molecular flexibility index (Phi) is 6.85. The van der Waals surface area contributed by atoms with Crippen LogP contribution in [0.4, 0.5) is 0 Å². The van der Waals surface area contributed by atoms with E-state index in [0.29, 0.717) is 6.54 Å². The minimum atomic E-state index is 0. The van der Waals surface area contributed by atoms with Gasteiger partial charge in [0.2, 0.25) is 0 Å². The Balaban J connectivity index is 0.00000256. The number of halogens is 1. The SMILES string of the molecule is CNCCNC(=O)c1c(C)cc(C)cc1C.Cl. The van der Waals surface area contributed by atoms with Crippen LogP contribution in [0.5, 0.6) is 0 Å². The Hall–Kier alpha value is -1.06. The molecule has 0 aliphatic rings. The van der Waals surface area contributed by atoms with Crippen molar-refractivity contribution in [2.45, 2.75) is 20.8 Å².